The Morgan fingerprint density at radius 1 is 1.00 bits per heavy atom. The number of carbonyl (C=O) groups is 3. The third-order valence-electron chi connectivity index (χ3n) is 10.3. The topological polar surface area (TPSA) is 134 Å². The Balaban J connectivity index is 0.879. The number of hydrogen-bond donors (Lipinski definition) is 1. The summed E-state index contributed by atoms with van der Waals surface area (Å²) in [6.45, 7) is 11.7. The van der Waals surface area contributed by atoms with Crippen molar-refractivity contribution in [3.8, 4) is 22.9 Å². The van der Waals surface area contributed by atoms with E-state index in [2.05, 4.69) is 50.4 Å². The van der Waals surface area contributed by atoms with Crippen LogP contribution in [0.2, 0.25) is 0 Å². The molecule has 49 heavy (non-hydrogen) atoms. The van der Waals surface area contributed by atoms with Gasteiger partial charge in [0.2, 0.25) is 0 Å². The number of aromatic nitrogens is 4. The number of piperazine rings is 1. The van der Waals surface area contributed by atoms with Gasteiger partial charge in [-0.05, 0) is 75.9 Å². The van der Waals surface area contributed by atoms with Crippen molar-refractivity contribution >= 4 is 34.3 Å². The Hall–Kier alpha value is -5.10. The van der Waals surface area contributed by atoms with Crippen LogP contribution in [0.15, 0.2) is 60.9 Å². The average molecular weight is 662 g/mol. The van der Waals surface area contributed by atoms with Crippen LogP contribution in [-0.4, -0.2) is 98.0 Å². The molecule has 0 bridgehead atoms. The molecular formula is C37H39N7O5. The first-order chi connectivity index (χ1) is 23.7. The highest BCUT2D eigenvalue weighted by molar-refractivity contribution is 6.23. The summed E-state index contributed by atoms with van der Waals surface area (Å²) in [6, 6.07) is 12.5. The highest BCUT2D eigenvalue weighted by Gasteiger charge is 2.44. The van der Waals surface area contributed by atoms with Gasteiger partial charge in [0.25, 0.3) is 11.8 Å². The number of ether oxygens (including phenoxy) is 2. The molecule has 3 fully saturated rings. The predicted molar refractivity (Wildman–Crippen MR) is 183 cm³/mol. The van der Waals surface area contributed by atoms with Crippen LogP contribution in [0.1, 0.15) is 66.7 Å². The molecule has 4 aliphatic rings. The number of nitrogens with zero attached hydrogens (tertiary/aromatic N) is 6. The van der Waals surface area contributed by atoms with Crippen LogP contribution in [0, 0.1) is 0 Å². The SMILES string of the molecule is C=C1CCC(N2C(=O)c3ccc(OCCN4CCN(c5cc(-c6n[nH]c7ccc(OC8(C)CC8)cc67)ncn5)C[C@@H]4C)cc3C2=O)C(=O)C1. The van der Waals surface area contributed by atoms with Gasteiger partial charge >= 0.3 is 0 Å². The van der Waals surface area contributed by atoms with Crippen molar-refractivity contribution in [3.05, 3.63) is 72.1 Å². The van der Waals surface area contributed by atoms with E-state index >= 15 is 0 Å². The van der Waals surface area contributed by atoms with Gasteiger partial charge in [-0.25, -0.2) is 9.97 Å². The molecule has 8 rings (SSSR count). The van der Waals surface area contributed by atoms with Crippen molar-refractivity contribution in [3.63, 3.8) is 0 Å². The zero-order valence-corrected chi connectivity index (χ0v) is 27.8. The maximum atomic E-state index is 13.2. The van der Waals surface area contributed by atoms with Crippen LogP contribution in [0.25, 0.3) is 22.3 Å². The number of allylic oxidation sites excluding steroid dienone is 1. The predicted octanol–water partition coefficient (Wildman–Crippen LogP) is 4.81. The minimum absolute atomic E-state index is 0.0640. The summed E-state index contributed by atoms with van der Waals surface area (Å²) >= 11 is 0. The molecule has 2 aliphatic heterocycles. The van der Waals surface area contributed by atoms with Crippen molar-refractivity contribution in [2.24, 2.45) is 0 Å². The van der Waals surface area contributed by atoms with Crippen LogP contribution in [0.4, 0.5) is 5.82 Å². The Kier molecular flexibility index (Phi) is 7.70. The number of nitrogens with one attached hydrogen (secondary N) is 1. The van der Waals surface area contributed by atoms with Crippen LogP contribution in [-0.2, 0) is 4.79 Å². The number of rotatable bonds is 9. The molecule has 2 aromatic heterocycles. The first-order valence-corrected chi connectivity index (χ1v) is 17.0. The molecule has 2 aromatic carbocycles. The number of benzene rings is 2. The summed E-state index contributed by atoms with van der Waals surface area (Å²) in [4.78, 5) is 53.9. The number of Topliss-reactive ketones (excluding diaryl/α,β-unsaturated/α-hetero) is 1. The van der Waals surface area contributed by atoms with E-state index in [-0.39, 0.29) is 29.4 Å². The smallest absolute Gasteiger partial charge is 0.262 e. The summed E-state index contributed by atoms with van der Waals surface area (Å²) in [5.41, 5.74) is 3.83. The molecule has 2 amide bonds. The second-order valence-electron chi connectivity index (χ2n) is 13.9. The van der Waals surface area contributed by atoms with E-state index in [1.54, 1.807) is 24.5 Å². The number of anilines is 1. The lowest BCUT2D eigenvalue weighted by Gasteiger charge is -2.40. The van der Waals surface area contributed by atoms with Gasteiger partial charge in [0.15, 0.2) is 5.78 Å². The number of carbonyl (C=O) groups excluding carboxylic acids is 3. The summed E-state index contributed by atoms with van der Waals surface area (Å²) in [7, 11) is 0. The summed E-state index contributed by atoms with van der Waals surface area (Å²) in [6.07, 6.45) is 4.99. The zero-order valence-electron chi connectivity index (χ0n) is 27.8. The van der Waals surface area contributed by atoms with Crippen molar-refractivity contribution in [1.82, 2.24) is 30.0 Å². The molecule has 1 saturated heterocycles. The number of aromatic amines is 1. The number of ketones is 1. The lowest BCUT2D eigenvalue weighted by atomic mass is 9.89. The Morgan fingerprint density at radius 2 is 1.82 bits per heavy atom. The lowest BCUT2D eigenvalue weighted by Crippen LogP contribution is -2.53. The molecule has 2 atom stereocenters. The quantitative estimate of drug-likeness (QED) is 0.197. The molecule has 12 heteroatoms. The van der Waals surface area contributed by atoms with Gasteiger partial charge < -0.3 is 14.4 Å². The molecule has 1 N–H and O–H groups in total. The van der Waals surface area contributed by atoms with E-state index in [0.717, 1.165) is 76.8 Å². The maximum absolute atomic E-state index is 13.2. The monoisotopic (exact) mass is 661 g/mol. The normalized spacial score (nSPS) is 22.2. The van der Waals surface area contributed by atoms with E-state index in [0.29, 0.717) is 37.3 Å². The van der Waals surface area contributed by atoms with Crippen molar-refractivity contribution in [1.29, 1.82) is 0 Å². The van der Waals surface area contributed by atoms with E-state index < -0.39 is 17.9 Å². The van der Waals surface area contributed by atoms with Gasteiger partial charge in [-0.2, -0.15) is 5.10 Å². The van der Waals surface area contributed by atoms with Gasteiger partial charge in [0, 0.05) is 50.1 Å². The van der Waals surface area contributed by atoms with Crippen molar-refractivity contribution in [2.75, 3.05) is 37.7 Å². The molecule has 4 aromatic rings. The first kappa shape index (κ1) is 31.2. The molecule has 252 valence electrons. The average Bonchev–Trinajstić information content (AvgIpc) is 3.57. The number of hydrogen-bond acceptors (Lipinski definition) is 10. The molecule has 2 aliphatic carbocycles. The lowest BCUT2D eigenvalue weighted by molar-refractivity contribution is -0.123. The third kappa shape index (κ3) is 5.94. The molecule has 0 spiro atoms. The molecule has 0 radical (unpaired) electrons. The molecule has 2 saturated carbocycles. The highest BCUT2D eigenvalue weighted by Crippen LogP contribution is 2.41. The van der Waals surface area contributed by atoms with E-state index in [4.69, 9.17) is 9.47 Å². The van der Waals surface area contributed by atoms with Crippen molar-refractivity contribution < 1.29 is 23.9 Å². The van der Waals surface area contributed by atoms with Gasteiger partial charge in [-0.1, -0.05) is 12.2 Å². The van der Waals surface area contributed by atoms with Crippen molar-refractivity contribution in [2.45, 2.75) is 63.6 Å². The molecule has 4 heterocycles. The maximum Gasteiger partial charge on any atom is 0.262 e. The highest BCUT2D eigenvalue weighted by atomic mass is 16.5. The van der Waals surface area contributed by atoms with Gasteiger partial charge in [0.1, 0.15) is 41.5 Å². The summed E-state index contributed by atoms with van der Waals surface area (Å²) < 4.78 is 12.3. The standard InChI is InChI=1S/C37H39N7O5/c1-22-4-9-31(32(45)16-22)44-35(46)26-7-5-24(17-27(26)36(44)47)48-15-14-42-12-13-43(20-23(42)2)33-19-30(38-21-39-33)34-28-18-25(49-37(3)10-11-37)6-8-29(28)40-41-34/h5-8,17-19,21,23,31H,1,4,9-16,20H2,2-3H3,(H,40,41)/t23-,31?/m0/s1. The fourth-order valence-electron chi connectivity index (χ4n) is 7.12. The van der Waals surface area contributed by atoms with E-state index in [1.807, 2.05) is 24.3 Å². The van der Waals surface area contributed by atoms with Gasteiger partial charge in [-0.15, -0.1) is 0 Å². The fourth-order valence-corrected chi connectivity index (χ4v) is 7.12. The zero-order chi connectivity index (χ0) is 33.9. The number of fused-ring (bicyclic) bond motifs is 2. The van der Waals surface area contributed by atoms with Crippen LogP contribution >= 0.6 is 0 Å². The Bertz CT molecular complexity index is 2000. The van der Waals surface area contributed by atoms with E-state index in [1.165, 1.54) is 0 Å². The van der Waals surface area contributed by atoms with Crippen LogP contribution in [0.3, 0.4) is 0 Å². The molecule has 12 nitrogen and oxygen atoms in total. The largest absolute Gasteiger partial charge is 0.492 e. The van der Waals surface area contributed by atoms with Crippen LogP contribution in [0.5, 0.6) is 11.5 Å². The number of imide groups is 1. The second-order valence-corrected chi connectivity index (χ2v) is 13.9. The second kappa shape index (κ2) is 12.1. The molecular weight excluding hydrogens is 622 g/mol. The summed E-state index contributed by atoms with van der Waals surface area (Å²) in [5, 5.41) is 8.67. The fraction of sp³-hybridized carbons (Fsp3) is 0.405. The molecule has 1 unspecified atom stereocenters. The van der Waals surface area contributed by atoms with Crippen LogP contribution < -0.4 is 14.4 Å². The van der Waals surface area contributed by atoms with E-state index in [9.17, 15) is 14.4 Å². The first-order valence-electron chi connectivity index (χ1n) is 17.0. The minimum atomic E-state index is -0.731. The third-order valence-corrected chi connectivity index (χ3v) is 10.3. The number of H-pyrrole nitrogens is 1. The van der Waals surface area contributed by atoms with Gasteiger partial charge in [-0.3, -0.25) is 29.3 Å². The Labute approximate surface area is 284 Å². The number of amides is 2. The Morgan fingerprint density at radius 3 is 2.61 bits per heavy atom. The van der Waals surface area contributed by atoms with Gasteiger partial charge in [0.05, 0.1) is 28.4 Å². The minimum Gasteiger partial charge on any atom is -0.492 e. The summed E-state index contributed by atoms with van der Waals surface area (Å²) in [5.74, 6) is 1.23.